The van der Waals surface area contributed by atoms with Gasteiger partial charge < -0.3 is 9.47 Å². The number of esters is 1. The topological polar surface area (TPSA) is 35.5 Å². The van der Waals surface area contributed by atoms with Crippen LogP contribution in [-0.2, 0) is 10.2 Å². The summed E-state index contributed by atoms with van der Waals surface area (Å²) in [6.07, 6.45) is 1.53. The maximum atomic E-state index is 12.7. The molecule has 0 unspecified atom stereocenters. The van der Waals surface area contributed by atoms with Crippen molar-refractivity contribution >= 4 is 5.97 Å². The Morgan fingerprint density at radius 2 is 1.23 bits per heavy atom. The molecule has 170 valence electrons. The van der Waals surface area contributed by atoms with E-state index in [0.29, 0.717) is 5.75 Å². The Bertz CT molecular complexity index is 928. The second-order valence-electron chi connectivity index (χ2n) is 10.5. The number of carbonyl (C=O) groups excluding carboxylic acids is 1. The maximum absolute atomic E-state index is 12.7. The molecule has 0 heterocycles. The van der Waals surface area contributed by atoms with Crippen LogP contribution in [0.3, 0.4) is 0 Å². The van der Waals surface area contributed by atoms with Gasteiger partial charge >= 0.3 is 5.97 Å². The number of ether oxygens (including phenoxy) is 2. The zero-order valence-corrected chi connectivity index (χ0v) is 21.1. The van der Waals surface area contributed by atoms with E-state index in [1.807, 2.05) is 32.9 Å². The maximum Gasteiger partial charge on any atom is 0.317 e. The molecule has 0 aliphatic carbocycles. The van der Waals surface area contributed by atoms with Gasteiger partial charge in [0, 0.05) is 5.41 Å². The minimum absolute atomic E-state index is 0.158. The molecule has 31 heavy (non-hydrogen) atoms. The smallest absolute Gasteiger partial charge is 0.317 e. The lowest BCUT2D eigenvalue weighted by Crippen LogP contribution is -2.30. The van der Waals surface area contributed by atoms with Gasteiger partial charge in [-0.2, -0.15) is 0 Å². The van der Waals surface area contributed by atoms with E-state index in [0.717, 1.165) is 24.2 Å². The van der Waals surface area contributed by atoms with Gasteiger partial charge in [0.2, 0.25) is 0 Å². The van der Waals surface area contributed by atoms with Crippen molar-refractivity contribution in [2.75, 3.05) is 0 Å². The van der Waals surface area contributed by atoms with Crippen LogP contribution in [0.5, 0.6) is 11.5 Å². The minimum Gasteiger partial charge on any atom is -0.488 e. The van der Waals surface area contributed by atoms with Crippen LogP contribution >= 0.6 is 0 Å². The molecule has 0 saturated heterocycles. The molecule has 0 aromatic heterocycles. The Balaban J connectivity index is 2.33. The third-order valence-electron chi connectivity index (χ3n) is 6.43. The van der Waals surface area contributed by atoms with E-state index in [9.17, 15) is 4.79 Å². The fourth-order valence-corrected chi connectivity index (χ4v) is 4.07. The van der Waals surface area contributed by atoms with Crippen molar-refractivity contribution in [2.45, 2.75) is 93.1 Å². The Kier molecular flexibility index (Phi) is 7.30. The summed E-state index contributed by atoms with van der Waals surface area (Å²) in [5, 5.41) is 0. The van der Waals surface area contributed by atoms with Crippen LogP contribution in [-0.4, -0.2) is 11.6 Å². The van der Waals surface area contributed by atoms with Crippen molar-refractivity contribution in [2.24, 2.45) is 5.41 Å². The molecule has 0 radical (unpaired) electrons. The van der Waals surface area contributed by atoms with E-state index in [-0.39, 0.29) is 17.0 Å². The summed E-state index contributed by atoms with van der Waals surface area (Å²) in [5.41, 5.74) is 3.92. The van der Waals surface area contributed by atoms with Crippen LogP contribution in [0.15, 0.2) is 36.4 Å². The Hall–Kier alpha value is -2.29. The molecule has 0 spiro atoms. The van der Waals surface area contributed by atoms with Crippen LogP contribution in [0.4, 0.5) is 0 Å². The highest BCUT2D eigenvalue weighted by molar-refractivity contribution is 5.78. The molecule has 0 N–H and O–H groups in total. The lowest BCUT2D eigenvalue weighted by molar-refractivity contribution is -0.145. The summed E-state index contributed by atoms with van der Waals surface area (Å²) < 4.78 is 11.8. The van der Waals surface area contributed by atoms with Gasteiger partial charge in [0.15, 0.2) is 0 Å². The number of rotatable bonds is 7. The Labute approximate surface area is 189 Å². The minimum atomic E-state index is -0.445. The molecule has 0 atom stereocenters. The first kappa shape index (κ1) is 25.0. The van der Waals surface area contributed by atoms with Crippen LogP contribution < -0.4 is 9.47 Å². The molecule has 0 aliphatic rings. The van der Waals surface area contributed by atoms with Crippen LogP contribution in [0, 0.1) is 19.3 Å². The molecule has 0 bridgehead atoms. The molecular formula is C28H40O3. The summed E-state index contributed by atoms with van der Waals surface area (Å²) in [6.45, 7) is 20.9. The van der Waals surface area contributed by atoms with E-state index >= 15 is 0 Å². The molecule has 3 heteroatoms. The van der Waals surface area contributed by atoms with Gasteiger partial charge in [-0.3, -0.25) is 4.79 Å². The van der Waals surface area contributed by atoms with Crippen LogP contribution in [0.2, 0.25) is 0 Å². The largest absolute Gasteiger partial charge is 0.488 e. The highest BCUT2D eigenvalue weighted by Gasteiger charge is 2.32. The molecule has 2 aromatic carbocycles. The first-order chi connectivity index (χ1) is 14.2. The number of hydrogen-bond donors (Lipinski definition) is 0. The van der Waals surface area contributed by atoms with Gasteiger partial charge in [-0.05, 0) is 101 Å². The van der Waals surface area contributed by atoms with E-state index in [4.69, 9.17) is 9.47 Å². The first-order valence-corrected chi connectivity index (χ1v) is 11.4. The van der Waals surface area contributed by atoms with Crippen LogP contribution in [0.25, 0.3) is 0 Å². The summed E-state index contributed by atoms with van der Waals surface area (Å²) in [6, 6.07) is 12.3. The summed E-state index contributed by atoms with van der Waals surface area (Å²) in [4.78, 5) is 12.7. The Morgan fingerprint density at radius 3 is 1.65 bits per heavy atom. The van der Waals surface area contributed by atoms with E-state index in [2.05, 4.69) is 72.7 Å². The quantitative estimate of drug-likeness (QED) is 0.340. The van der Waals surface area contributed by atoms with E-state index in [1.165, 1.54) is 16.7 Å². The van der Waals surface area contributed by atoms with Crippen molar-refractivity contribution in [1.82, 2.24) is 0 Å². The highest BCUT2D eigenvalue weighted by atomic mass is 16.5. The molecule has 3 nitrogen and oxygen atoms in total. The number of hydrogen-bond acceptors (Lipinski definition) is 3. The molecule has 0 saturated carbocycles. The monoisotopic (exact) mass is 424 g/mol. The second kappa shape index (κ2) is 9.06. The highest BCUT2D eigenvalue weighted by Crippen LogP contribution is 2.38. The summed E-state index contributed by atoms with van der Waals surface area (Å²) in [5.74, 6) is 1.34. The van der Waals surface area contributed by atoms with Crippen molar-refractivity contribution in [3.8, 4) is 11.5 Å². The fourth-order valence-electron chi connectivity index (χ4n) is 4.07. The first-order valence-electron chi connectivity index (χ1n) is 11.4. The zero-order chi connectivity index (χ0) is 23.6. The average Bonchev–Trinajstić information content (AvgIpc) is 2.65. The SMILES string of the molecule is CCC(C)(CC)C(=O)Oc1ccc(C(C)(C)c2ccc(OC(C)(C)C)cc2C)c(C)c1. The molecule has 0 amide bonds. The molecule has 2 rings (SSSR count). The lowest BCUT2D eigenvalue weighted by Gasteiger charge is -2.31. The third-order valence-corrected chi connectivity index (χ3v) is 6.43. The predicted molar refractivity (Wildman–Crippen MR) is 129 cm³/mol. The van der Waals surface area contributed by atoms with Gasteiger partial charge in [-0.15, -0.1) is 0 Å². The number of aryl methyl sites for hydroxylation is 2. The Morgan fingerprint density at radius 1 is 0.774 bits per heavy atom. The van der Waals surface area contributed by atoms with E-state index in [1.54, 1.807) is 0 Å². The van der Waals surface area contributed by atoms with E-state index < -0.39 is 5.41 Å². The molecular weight excluding hydrogens is 384 g/mol. The second-order valence-corrected chi connectivity index (χ2v) is 10.5. The number of carbonyl (C=O) groups is 1. The average molecular weight is 425 g/mol. The molecule has 2 aromatic rings. The van der Waals surface area contributed by atoms with Crippen LogP contribution in [0.1, 0.15) is 90.5 Å². The van der Waals surface area contributed by atoms with Gasteiger partial charge in [0.05, 0.1) is 5.41 Å². The predicted octanol–water partition coefficient (Wildman–Crippen LogP) is 7.54. The normalized spacial score (nSPS) is 12.6. The standard InChI is InChI=1S/C28H40O3/c1-11-28(10,12-2)25(29)30-21-13-15-23(19(3)17-21)27(8,9)24-16-14-22(18-20(24)4)31-26(5,6)7/h13-18H,11-12H2,1-10H3. The third kappa shape index (κ3) is 5.70. The molecule has 0 aliphatic heterocycles. The van der Waals surface area contributed by atoms with Crippen molar-refractivity contribution in [3.05, 3.63) is 58.7 Å². The number of benzene rings is 2. The van der Waals surface area contributed by atoms with Gasteiger partial charge in [0.25, 0.3) is 0 Å². The van der Waals surface area contributed by atoms with Gasteiger partial charge in [-0.1, -0.05) is 39.8 Å². The van der Waals surface area contributed by atoms with Gasteiger partial charge in [0.1, 0.15) is 17.1 Å². The summed E-state index contributed by atoms with van der Waals surface area (Å²) in [7, 11) is 0. The summed E-state index contributed by atoms with van der Waals surface area (Å²) >= 11 is 0. The van der Waals surface area contributed by atoms with Crippen molar-refractivity contribution < 1.29 is 14.3 Å². The lowest BCUT2D eigenvalue weighted by atomic mass is 9.74. The fraction of sp³-hybridized carbons (Fsp3) is 0.536. The van der Waals surface area contributed by atoms with Gasteiger partial charge in [-0.25, -0.2) is 0 Å². The zero-order valence-electron chi connectivity index (χ0n) is 21.1. The van der Waals surface area contributed by atoms with Crippen molar-refractivity contribution in [3.63, 3.8) is 0 Å². The van der Waals surface area contributed by atoms with Crippen molar-refractivity contribution in [1.29, 1.82) is 0 Å². The molecule has 0 fully saturated rings.